The third-order valence-corrected chi connectivity index (χ3v) is 3.65. The van der Waals surface area contributed by atoms with E-state index in [9.17, 15) is 4.79 Å². The second kappa shape index (κ2) is 6.16. The van der Waals surface area contributed by atoms with Gasteiger partial charge in [-0.3, -0.25) is 4.79 Å². The lowest BCUT2D eigenvalue weighted by atomic mass is 10.2. The number of fused-ring (bicyclic) bond motifs is 1. The molecule has 1 aromatic carbocycles. The molecule has 6 nitrogen and oxygen atoms in total. The Morgan fingerprint density at radius 2 is 1.80 bits per heavy atom. The first-order valence-electron chi connectivity index (χ1n) is 7.77. The number of pyridine rings is 1. The number of hydrogen-bond donors (Lipinski definition) is 0. The lowest BCUT2D eigenvalue weighted by Gasteiger charge is -2.09. The second-order valence-electron chi connectivity index (χ2n) is 5.46. The zero-order valence-corrected chi connectivity index (χ0v) is 13.5. The number of para-hydroxylation sites is 1. The highest BCUT2D eigenvalue weighted by molar-refractivity contribution is 5.92. The molecule has 4 rings (SSSR count). The molecule has 0 N–H and O–H groups in total. The van der Waals surface area contributed by atoms with E-state index in [-0.39, 0.29) is 5.78 Å². The third kappa shape index (κ3) is 2.97. The summed E-state index contributed by atoms with van der Waals surface area (Å²) in [5.41, 5.74) is 1.63. The third-order valence-electron chi connectivity index (χ3n) is 3.65. The largest absolute Gasteiger partial charge is 0.437 e. The molecule has 0 spiro atoms. The molecule has 0 atom stereocenters. The van der Waals surface area contributed by atoms with Crippen molar-refractivity contribution in [1.29, 1.82) is 0 Å². The van der Waals surface area contributed by atoms with Gasteiger partial charge < -0.3 is 4.74 Å². The predicted molar refractivity (Wildman–Crippen MR) is 92.7 cm³/mol. The van der Waals surface area contributed by atoms with Crippen LogP contribution >= 0.6 is 0 Å². The van der Waals surface area contributed by atoms with E-state index in [1.807, 2.05) is 48.7 Å². The monoisotopic (exact) mass is 330 g/mol. The van der Waals surface area contributed by atoms with E-state index in [0.29, 0.717) is 28.8 Å². The van der Waals surface area contributed by atoms with E-state index in [0.717, 1.165) is 5.52 Å². The molecule has 0 fully saturated rings. The van der Waals surface area contributed by atoms with Crippen molar-refractivity contribution < 1.29 is 9.53 Å². The van der Waals surface area contributed by atoms with E-state index in [4.69, 9.17) is 4.74 Å². The maximum Gasteiger partial charge on any atom is 0.247 e. The van der Waals surface area contributed by atoms with Crippen LogP contribution in [0.1, 0.15) is 17.4 Å². The Kier molecular flexibility index (Phi) is 3.70. The molecule has 0 saturated carbocycles. The Balaban J connectivity index is 1.83. The average molecular weight is 330 g/mol. The normalized spacial score (nSPS) is 10.8. The van der Waals surface area contributed by atoms with E-state index >= 15 is 0 Å². The summed E-state index contributed by atoms with van der Waals surface area (Å²) in [6, 6.07) is 18.4. The number of ketones is 1. The zero-order chi connectivity index (χ0) is 17.2. The van der Waals surface area contributed by atoms with Crippen LogP contribution in [0.2, 0.25) is 0 Å². The summed E-state index contributed by atoms with van der Waals surface area (Å²) in [5.74, 6) is 1.39. The fourth-order valence-electron chi connectivity index (χ4n) is 2.45. The molecular formula is C19H14N4O2. The molecule has 4 aromatic rings. The van der Waals surface area contributed by atoms with E-state index in [1.54, 1.807) is 22.7 Å². The van der Waals surface area contributed by atoms with Crippen LogP contribution in [0.25, 0.3) is 17.0 Å². The van der Waals surface area contributed by atoms with E-state index in [2.05, 4.69) is 15.1 Å². The van der Waals surface area contributed by atoms with Crippen LogP contribution in [0.3, 0.4) is 0 Å². The van der Waals surface area contributed by atoms with Gasteiger partial charge in [0, 0.05) is 13.1 Å². The van der Waals surface area contributed by atoms with Crippen LogP contribution in [-0.2, 0) is 0 Å². The van der Waals surface area contributed by atoms with Crippen LogP contribution in [0.15, 0.2) is 66.9 Å². The van der Waals surface area contributed by atoms with E-state index < -0.39 is 0 Å². The molecule has 122 valence electrons. The van der Waals surface area contributed by atoms with Crippen LogP contribution in [0.4, 0.5) is 0 Å². The van der Waals surface area contributed by atoms with Crippen molar-refractivity contribution in [3.63, 3.8) is 0 Å². The Morgan fingerprint density at radius 1 is 0.960 bits per heavy atom. The van der Waals surface area contributed by atoms with Gasteiger partial charge in [0.05, 0.1) is 0 Å². The van der Waals surface area contributed by atoms with Gasteiger partial charge in [0.1, 0.15) is 22.7 Å². The van der Waals surface area contributed by atoms with Crippen molar-refractivity contribution in [3.8, 4) is 23.1 Å². The number of ether oxygens (including phenoxy) is 1. The maximum atomic E-state index is 11.6. The lowest BCUT2D eigenvalue weighted by Crippen LogP contribution is -2.03. The van der Waals surface area contributed by atoms with Gasteiger partial charge in [0.2, 0.25) is 11.7 Å². The molecule has 0 aliphatic rings. The van der Waals surface area contributed by atoms with Gasteiger partial charge in [-0.25, -0.2) is 9.50 Å². The fourth-order valence-corrected chi connectivity index (χ4v) is 2.45. The van der Waals surface area contributed by atoms with Crippen molar-refractivity contribution in [2.75, 3.05) is 0 Å². The zero-order valence-electron chi connectivity index (χ0n) is 13.5. The molecule has 0 aliphatic heterocycles. The molecule has 0 aliphatic carbocycles. The van der Waals surface area contributed by atoms with Crippen molar-refractivity contribution in [3.05, 3.63) is 72.6 Å². The summed E-state index contributed by atoms with van der Waals surface area (Å²) >= 11 is 0. The summed E-state index contributed by atoms with van der Waals surface area (Å²) in [6.07, 6.45) is 1.81. The number of hydrogen-bond acceptors (Lipinski definition) is 5. The van der Waals surface area contributed by atoms with Gasteiger partial charge in [-0.1, -0.05) is 24.3 Å². The number of aromatic nitrogens is 4. The quantitative estimate of drug-likeness (QED) is 0.533. The number of carbonyl (C=O) groups excluding carboxylic acids is 1. The van der Waals surface area contributed by atoms with Gasteiger partial charge in [0.15, 0.2) is 5.78 Å². The van der Waals surface area contributed by atoms with Gasteiger partial charge >= 0.3 is 0 Å². The molecule has 0 unspecified atom stereocenters. The number of Topliss-reactive ketones (excluding diaryl/α,β-unsaturated/α-hetero) is 1. The standard InChI is InChI=1S/C19H14N4O2/c1-13(24)15-9-5-10-16(20-15)18-21-19(17-11-6-12-23(17)22-18)25-14-7-3-2-4-8-14/h2-12H,1H3. The first-order chi connectivity index (χ1) is 12.2. The van der Waals surface area contributed by atoms with Gasteiger partial charge in [-0.2, -0.15) is 4.98 Å². The fraction of sp³-hybridized carbons (Fsp3) is 0.0526. The first-order valence-corrected chi connectivity index (χ1v) is 7.77. The molecule has 3 heterocycles. The molecule has 0 saturated heterocycles. The molecule has 6 heteroatoms. The molecule has 0 radical (unpaired) electrons. The number of rotatable bonds is 4. The first kappa shape index (κ1) is 15.0. The smallest absolute Gasteiger partial charge is 0.247 e. The van der Waals surface area contributed by atoms with Crippen molar-refractivity contribution in [2.24, 2.45) is 0 Å². The SMILES string of the molecule is CC(=O)c1cccc(-c2nc(Oc3ccccc3)c3cccn3n2)n1. The molecule has 0 bridgehead atoms. The summed E-state index contributed by atoms with van der Waals surface area (Å²) in [5, 5.41) is 4.46. The Hall–Kier alpha value is -3.54. The van der Waals surface area contributed by atoms with Crippen LogP contribution in [0.5, 0.6) is 11.6 Å². The Morgan fingerprint density at radius 3 is 2.60 bits per heavy atom. The molecule has 0 amide bonds. The second-order valence-corrected chi connectivity index (χ2v) is 5.46. The number of carbonyl (C=O) groups is 1. The topological polar surface area (TPSA) is 69.4 Å². The highest BCUT2D eigenvalue weighted by Gasteiger charge is 2.13. The van der Waals surface area contributed by atoms with Crippen molar-refractivity contribution in [1.82, 2.24) is 19.6 Å². The van der Waals surface area contributed by atoms with Gasteiger partial charge in [-0.05, 0) is 36.4 Å². The minimum Gasteiger partial charge on any atom is -0.437 e. The predicted octanol–water partition coefficient (Wildman–Crippen LogP) is 3.79. The highest BCUT2D eigenvalue weighted by atomic mass is 16.5. The van der Waals surface area contributed by atoms with Gasteiger partial charge in [-0.15, -0.1) is 5.10 Å². The minimum absolute atomic E-state index is 0.107. The Labute approximate surface area is 143 Å². The highest BCUT2D eigenvalue weighted by Crippen LogP contribution is 2.26. The average Bonchev–Trinajstić information content (AvgIpc) is 3.11. The molecular weight excluding hydrogens is 316 g/mol. The van der Waals surface area contributed by atoms with Crippen molar-refractivity contribution >= 4 is 11.3 Å². The van der Waals surface area contributed by atoms with Crippen molar-refractivity contribution in [2.45, 2.75) is 6.92 Å². The molecule has 25 heavy (non-hydrogen) atoms. The summed E-state index contributed by atoms with van der Waals surface area (Å²) in [6.45, 7) is 1.48. The summed E-state index contributed by atoms with van der Waals surface area (Å²) in [7, 11) is 0. The minimum atomic E-state index is -0.107. The lowest BCUT2D eigenvalue weighted by molar-refractivity contribution is 0.101. The number of nitrogens with zero attached hydrogens (tertiary/aromatic N) is 4. The Bertz CT molecular complexity index is 1060. The number of benzene rings is 1. The maximum absolute atomic E-state index is 11.6. The summed E-state index contributed by atoms with van der Waals surface area (Å²) < 4.78 is 7.61. The van der Waals surface area contributed by atoms with E-state index in [1.165, 1.54) is 6.92 Å². The van der Waals surface area contributed by atoms with Crippen LogP contribution in [0, 0.1) is 0 Å². The van der Waals surface area contributed by atoms with Crippen LogP contribution < -0.4 is 4.74 Å². The summed E-state index contributed by atoms with van der Waals surface area (Å²) in [4.78, 5) is 20.4. The van der Waals surface area contributed by atoms with Crippen LogP contribution in [-0.4, -0.2) is 25.4 Å². The molecule has 3 aromatic heterocycles. The van der Waals surface area contributed by atoms with Gasteiger partial charge in [0.25, 0.3) is 0 Å².